The number of ether oxygens (including phenoxy) is 1. The summed E-state index contributed by atoms with van der Waals surface area (Å²) in [6.45, 7) is 0.432. The molecule has 4 heteroatoms. The molecular weight excluding hydrogens is 168 g/mol. The topological polar surface area (TPSA) is 50.4 Å². The highest BCUT2D eigenvalue weighted by molar-refractivity contribution is 5.79. The smallest absolute Gasteiger partial charge is 0.234 e. The fourth-order valence-corrected chi connectivity index (χ4v) is 2.33. The Morgan fingerprint density at radius 1 is 1.46 bits per heavy atom. The van der Waals surface area contributed by atoms with Crippen LogP contribution in [-0.4, -0.2) is 37.7 Å². The lowest BCUT2D eigenvalue weighted by Gasteiger charge is -2.41. The van der Waals surface area contributed by atoms with Crippen molar-refractivity contribution >= 4 is 5.91 Å². The first-order valence-electron chi connectivity index (χ1n) is 4.87. The Bertz CT molecular complexity index is 208. The molecule has 2 aliphatic rings. The number of piperazine rings is 1. The zero-order chi connectivity index (χ0) is 9.26. The zero-order valence-corrected chi connectivity index (χ0v) is 7.88. The van der Waals surface area contributed by atoms with Crippen LogP contribution < -0.4 is 10.6 Å². The van der Waals surface area contributed by atoms with Crippen LogP contribution in [0.25, 0.3) is 0 Å². The Morgan fingerprint density at radius 3 is 3.08 bits per heavy atom. The molecule has 0 aromatic carbocycles. The van der Waals surface area contributed by atoms with Gasteiger partial charge in [-0.15, -0.1) is 0 Å². The fraction of sp³-hybridized carbons (Fsp3) is 0.889. The molecular formula is C9H16N2O2. The molecule has 0 bridgehead atoms. The number of carbonyl (C=O) groups is 1. The largest absolute Gasteiger partial charge is 0.380 e. The van der Waals surface area contributed by atoms with E-state index in [-0.39, 0.29) is 18.1 Å². The van der Waals surface area contributed by atoms with Crippen LogP contribution in [0.1, 0.15) is 19.3 Å². The van der Waals surface area contributed by atoms with E-state index in [1.807, 2.05) is 0 Å². The summed E-state index contributed by atoms with van der Waals surface area (Å²) < 4.78 is 5.38. The zero-order valence-electron chi connectivity index (χ0n) is 7.88. The number of fused-ring (bicyclic) bond motifs is 1. The van der Waals surface area contributed by atoms with Crippen LogP contribution in [0.5, 0.6) is 0 Å². The van der Waals surface area contributed by atoms with Gasteiger partial charge in [-0.3, -0.25) is 4.79 Å². The van der Waals surface area contributed by atoms with Crippen molar-refractivity contribution in [3.63, 3.8) is 0 Å². The number of nitrogens with one attached hydrogen (secondary N) is 2. The SMILES string of the molecule is COC1CCCC2NC(=O)CNC21. The average molecular weight is 184 g/mol. The molecule has 1 amide bonds. The van der Waals surface area contributed by atoms with E-state index < -0.39 is 0 Å². The number of amides is 1. The van der Waals surface area contributed by atoms with E-state index in [0.29, 0.717) is 12.6 Å². The number of methoxy groups -OCH3 is 1. The third-order valence-corrected chi connectivity index (χ3v) is 2.99. The minimum atomic E-state index is 0.109. The Hall–Kier alpha value is -0.610. The van der Waals surface area contributed by atoms with Gasteiger partial charge >= 0.3 is 0 Å². The van der Waals surface area contributed by atoms with Gasteiger partial charge in [-0.1, -0.05) is 0 Å². The maximum atomic E-state index is 11.1. The van der Waals surface area contributed by atoms with Crippen LogP contribution in [-0.2, 0) is 9.53 Å². The summed E-state index contributed by atoms with van der Waals surface area (Å²) in [5.41, 5.74) is 0. The van der Waals surface area contributed by atoms with Gasteiger partial charge in [0.05, 0.1) is 18.7 Å². The minimum absolute atomic E-state index is 0.109. The molecule has 13 heavy (non-hydrogen) atoms. The van der Waals surface area contributed by atoms with Crippen molar-refractivity contribution in [3.05, 3.63) is 0 Å². The van der Waals surface area contributed by atoms with Crippen LogP contribution in [0.3, 0.4) is 0 Å². The summed E-state index contributed by atoms with van der Waals surface area (Å²) in [4.78, 5) is 11.1. The third kappa shape index (κ3) is 1.69. The minimum Gasteiger partial charge on any atom is -0.380 e. The van der Waals surface area contributed by atoms with E-state index in [1.165, 1.54) is 0 Å². The molecule has 1 saturated carbocycles. The summed E-state index contributed by atoms with van der Waals surface area (Å²) >= 11 is 0. The average Bonchev–Trinajstić information content (AvgIpc) is 2.16. The van der Waals surface area contributed by atoms with Gasteiger partial charge in [0.1, 0.15) is 0 Å². The molecule has 0 radical (unpaired) electrons. The first-order valence-corrected chi connectivity index (χ1v) is 4.87. The molecule has 1 saturated heterocycles. The Morgan fingerprint density at radius 2 is 2.31 bits per heavy atom. The molecule has 0 spiro atoms. The highest BCUT2D eigenvalue weighted by Crippen LogP contribution is 2.22. The lowest BCUT2D eigenvalue weighted by Crippen LogP contribution is -2.64. The van der Waals surface area contributed by atoms with Crippen molar-refractivity contribution in [1.82, 2.24) is 10.6 Å². The summed E-state index contributed by atoms with van der Waals surface area (Å²) in [6, 6.07) is 0.594. The molecule has 0 aromatic heterocycles. The van der Waals surface area contributed by atoms with E-state index in [2.05, 4.69) is 10.6 Å². The highest BCUT2D eigenvalue weighted by Gasteiger charge is 2.36. The first-order chi connectivity index (χ1) is 6.31. The second kappa shape index (κ2) is 3.64. The Balaban J connectivity index is 2.03. The van der Waals surface area contributed by atoms with Crippen molar-refractivity contribution in [3.8, 4) is 0 Å². The van der Waals surface area contributed by atoms with Crippen molar-refractivity contribution in [2.45, 2.75) is 37.5 Å². The van der Waals surface area contributed by atoms with Crippen LogP contribution in [0.15, 0.2) is 0 Å². The van der Waals surface area contributed by atoms with Gasteiger partial charge in [0.2, 0.25) is 5.91 Å². The fourth-order valence-electron chi connectivity index (χ4n) is 2.33. The third-order valence-electron chi connectivity index (χ3n) is 2.99. The molecule has 2 rings (SSSR count). The molecule has 74 valence electrons. The van der Waals surface area contributed by atoms with Crippen LogP contribution in [0.2, 0.25) is 0 Å². The number of hydrogen-bond acceptors (Lipinski definition) is 3. The molecule has 2 fully saturated rings. The van der Waals surface area contributed by atoms with Crippen molar-refractivity contribution < 1.29 is 9.53 Å². The lowest BCUT2D eigenvalue weighted by atomic mass is 9.86. The molecule has 0 aromatic rings. The van der Waals surface area contributed by atoms with Crippen molar-refractivity contribution in [2.75, 3.05) is 13.7 Å². The molecule has 1 aliphatic carbocycles. The van der Waals surface area contributed by atoms with Gasteiger partial charge in [0.15, 0.2) is 0 Å². The number of hydrogen-bond donors (Lipinski definition) is 2. The van der Waals surface area contributed by atoms with Crippen LogP contribution >= 0.6 is 0 Å². The summed E-state index contributed by atoms with van der Waals surface area (Å²) in [5.74, 6) is 0.109. The predicted octanol–water partition coefficient (Wildman–Crippen LogP) is -0.358. The maximum Gasteiger partial charge on any atom is 0.234 e. The number of carbonyl (C=O) groups excluding carboxylic acids is 1. The number of rotatable bonds is 1. The van der Waals surface area contributed by atoms with E-state index in [4.69, 9.17) is 4.74 Å². The monoisotopic (exact) mass is 184 g/mol. The quantitative estimate of drug-likeness (QED) is 0.585. The molecule has 1 heterocycles. The van der Waals surface area contributed by atoms with Gasteiger partial charge < -0.3 is 15.4 Å². The normalized spacial score (nSPS) is 39.5. The Kier molecular flexibility index (Phi) is 2.51. The van der Waals surface area contributed by atoms with E-state index in [1.54, 1.807) is 7.11 Å². The predicted molar refractivity (Wildman–Crippen MR) is 48.4 cm³/mol. The maximum absolute atomic E-state index is 11.1. The molecule has 1 aliphatic heterocycles. The highest BCUT2D eigenvalue weighted by atomic mass is 16.5. The molecule has 3 unspecified atom stereocenters. The Labute approximate surface area is 78.0 Å². The van der Waals surface area contributed by atoms with Gasteiger partial charge in [0.25, 0.3) is 0 Å². The molecule has 2 N–H and O–H groups in total. The second-order valence-corrected chi connectivity index (χ2v) is 3.79. The van der Waals surface area contributed by atoms with Gasteiger partial charge in [-0.05, 0) is 19.3 Å². The molecule has 3 atom stereocenters. The summed E-state index contributed by atoms with van der Waals surface area (Å²) in [7, 11) is 1.74. The van der Waals surface area contributed by atoms with E-state index in [0.717, 1.165) is 19.3 Å². The van der Waals surface area contributed by atoms with Crippen LogP contribution in [0.4, 0.5) is 0 Å². The first kappa shape index (κ1) is 8.97. The van der Waals surface area contributed by atoms with Crippen molar-refractivity contribution in [2.24, 2.45) is 0 Å². The van der Waals surface area contributed by atoms with Crippen LogP contribution in [0, 0.1) is 0 Å². The standard InChI is InChI=1S/C9H16N2O2/c1-13-7-4-2-3-6-9(7)10-5-8(12)11-6/h6-7,9-10H,2-5H2,1H3,(H,11,12). The molecule has 4 nitrogen and oxygen atoms in total. The summed E-state index contributed by atoms with van der Waals surface area (Å²) in [6.07, 6.45) is 3.57. The van der Waals surface area contributed by atoms with E-state index in [9.17, 15) is 4.79 Å². The van der Waals surface area contributed by atoms with Crippen molar-refractivity contribution in [1.29, 1.82) is 0 Å². The lowest BCUT2D eigenvalue weighted by molar-refractivity contribution is -0.124. The van der Waals surface area contributed by atoms with Gasteiger partial charge in [0, 0.05) is 13.2 Å². The van der Waals surface area contributed by atoms with E-state index >= 15 is 0 Å². The second-order valence-electron chi connectivity index (χ2n) is 3.79. The summed E-state index contributed by atoms with van der Waals surface area (Å²) in [5, 5.41) is 6.24. The van der Waals surface area contributed by atoms with Gasteiger partial charge in [-0.2, -0.15) is 0 Å². The van der Waals surface area contributed by atoms with Gasteiger partial charge in [-0.25, -0.2) is 0 Å².